The summed E-state index contributed by atoms with van der Waals surface area (Å²) in [7, 11) is 1.48. The molecule has 0 unspecified atom stereocenters. The topological polar surface area (TPSA) is 77.2 Å². The monoisotopic (exact) mass is 157 g/mol. The lowest BCUT2D eigenvalue weighted by Crippen LogP contribution is -2.05. The van der Waals surface area contributed by atoms with Crippen LogP contribution >= 0.6 is 0 Å². The number of hydrogen-bond donors (Lipinski definition) is 1. The molecule has 0 aromatic carbocycles. The van der Waals surface area contributed by atoms with Crippen molar-refractivity contribution in [3.8, 4) is 0 Å². The number of carboxylic acids is 1. The van der Waals surface area contributed by atoms with Crippen LogP contribution in [0.5, 0.6) is 0 Å². The standard InChI is InChI=1S/C5H7N3O3/c1-11-3-8-6-2-4(7-8)5(9)10/h2H,3H2,1H3,(H,9,10). The van der Waals surface area contributed by atoms with Crippen LogP contribution in [-0.2, 0) is 11.5 Å². The number of aromatic carboxylic acids is 1. The zero-order valence-corrected chi connectivity index (χ0v) is 5.89. The SMILES string of the molecule is COCn1ncc(C(=O)O)n1. The molecule has 1 aromatic rings. The molecular formula is C5H7N3O3. The van der Waals surface area contributed by atoms with Gasteiger partial charge in [-0.1, -0.05) is 0 Å². The Labute approximate surface area is 62.4 Å². The molecule has 0 aliphatic rings. The third kappa shape index (κ3) is 1.74. The second-order valence-corrected chi connectivity index (χ2v) is 1.83. The molecule has 0 fully saturated rings. The molecule has 6 heteroatoms. The summed E-state index contributed by atoms with van der Waals surface area (Å²) in [4.78, 5) is 11.4. The van der Waals surface area contributed by atoms with Gasteiger partial charge in [-0.05, 0) is 0 Å². The van der Waals surface area contributed by atoms with Crippen molar-refractivity contribution < 1.29 is 14.6 Å². The minimum atomic E-state index is -1.09. The summed E-state index contributed by atoms with van der Waals surface area (Å²) in [6, 6.07) is 0. The first-order valence-corrected chi connectivity index (χ1v) is 2.86. The van der Waals surface area contributed by atoms with E-state index in [1.54, 1.807) is 0 Å². The van der Waals surface area contributed by atoms with Crippen molar-refractivity contribution in [1.29, 1.82) is 0 Å². The van der Waals surface area contributed by atoms with Gasteiger partial charge in [0, 0.05) is 7.11 Å². The van der Waals surface area contributed by atoms with Crippen molar-refractivity contribution in [1.82, 2.24) is 15.0 Å². The van der Waals surface area contributed by atoms with Crippen molar-refractivity contribution in [2.75, 3.05) is 7.11 Å². The number of nitrogens with zero attached hydrogens (tertiary/aromatic N) is 3. The van der Waals surface area contributed by atoms with Crippen LogP contribution in [0, 0.1) is 0 Å². The zero-order valence-electron chi connectivity index (χ0n) is 5.89. The van der Waals surface area contributed by atoms with Crippen LogP contribution in [-0.4, -0.2) is 33.2 Å². The van der Waals surface area contributed by atoms with Gasteiger partial charge in [-0.3, -0.25) is 0 Å². The van der Waals surface area contributed by atoms with Crippen LogP contribution in [0.25, 0.3) is 0 Å². The number of aromatic nitrogens is 3. The Kier molecular flexibility index (Phi) is 2.17. The number of carbonyl (C=O) groups is 1. The highest BCUT2D eigenvalue weighted by Crippen LogP contribution is 1.90. The Hall–Kier alpha value is -1.43. The molecule has 0 spiro atoms. The Morgan fingerprint density at radius 3 is 3.09 bits per heavy atom. The average molecular weight is 157 g/mol. The highest BCUT2D eigenvalue weighted by molar-refractivity contribution is 5.84. The van der Waals surface area contributed by atoms with E-state index in [4.69, 9.17) is 5.11 Å². The van der Waals surface area contributed by atoms with Gasteiger partial charge in [-0.15, -0.1) is 5.10 Å². The summed E-state index contributed by atoms with van der Waals surface area (Å²) in [6.45, 7) is 0.160. The van der Waals surface area contributed by atoms with Crippen molar-refractivity contribution in [3.05, 3.63) is 11.9 Å². The van der Waals surface area contributed by atoms with Crippen molar-refractivity contribution >= 4 is 5.97 Å². The third-order valence-corrected chi connectivity index (χ3v) is 1.00. The van der Waals surface area contributed by atoms with Crippen LogP contribution in [0.2, 0.25) is 0 Å². The maximum atomic E-state index is 10.3. The van der Waals surface area contributed by atoms with E-state index < -0.39 is 5.97 Å². The largest absolute Gasteiger partial charge is 0.476 e. The Bertz CT molecular complexity index is 257. The molecule has 60 valence electrons. The second kappa shape index (κ2) is 3.11. The number of rotatable bonds is 3. The minimum Gasteiger partial charge on any atom is -0.476 e. The van der Waals surface area contributed by atoms with E-state index in [2.05, 4.69) is 14.9 Å². The summed E-state index contributed by atoms with van der Waals surface area (Å²) in [5, 5.41) is 15.6. The van der Waals surface area contributed by atoms with Gasteiger partial charge in [0.15, 0.2) is 12.4 Å². The molecule has 1 N–H and O–H groups in total. The van der Waals surface area contributed by atoms with E-state index >= 15 is 0 Å². The predicted octanol–water partition coefficient (Wildman–Crippen LogP) is -0.420. The van der Waals surface area contributed by atoms with Gasteiger partial charge in [-0.25, -0.2) is 4.79 Å². The van der Waals surface area contributed by atoms with Gasteiger partial charge in [-0.2, -0.15) is 9.90 Å². The number of carboxylic acid groups (broad SMARTS) is 1. The quantitative estimate of drug-likeness (QED) is 0.644. The molecule has 6 nitrogen and oxygen atoms in total. The smallest absolute Gasteiger partial charge is 0.358 e. The Balaban J connectivity index is 2.73. The summed E-state index contributed by atoms with van der Waals surface area (Å²) in [5.74, 6) is -1.09. The fraction of sp³-hybridized carbons (Fsp3) is 0.400. The Morgan fingerprint density at radius 2 is 2.64 bits per heavy atom. The van der Waals surface area contributed by atoms with E-state index in [9.17, 15) is 4.79 Å². The second-order valence-electron chi connectivity index (χ2n) is 1.83. The van der Waals surface area contributed by atoms with Crippen LogP contribution in [0.1, 0.15) is 10.5 Å². The molecule has 0 saturated carbocycles. The first-order valence-electron chi connectivity index (χ1n) is 2.86. The van der Waals surface area contributed by atoms with Crippen LogP contribution in [0.15, 0.2) is 6.20 Å². The van der Waals surface area contributed by atoms with E-state index in [1.807, 2.05) is 0 Å². The van der Waals surface area contributed by atoms with E-state index in [0.29, 0.717) is 0 Å². The number of hydrogen-bond acceptors (Lipinski definition) is 4. The van der Waals surface area contributed by atoms with Crippen molar-refractivity contribution in [2.24, 2.45) is 0 Å². The summed E-state index contributed by atoms with van der Waals surface area (Å²) in [6.07, 6.45) is 1.17. The molecule has 0 atom stereocenters. The third-order valence-electron chi connectivity index (χ3n) is 1.00. The van der Waals surface area contributed by atoms with E-state index in [1.165, 1.54) is 13.3 Å². The predicted molar refractivity (Wildman–Crippen MR) is 34.0 cm³/mol. The number of ether oxygens (including phenoxy) is 1. The lowest BCUT2D eigenvalue weighted by molar-refractivity contribution is 0.0684. The van der Waals surface area contributed by atoms with E-state index in [-0.39, 0.29) is 12.4 Å². The van der Waals surface area contributed by atoms with Crippen LogP contribution < -0.4 is 0 Å². The van der Waals surface area contributed by atoms with Gasteiger partial charge in [0.2, 0.25) is 0 Å². The van der Waals surface area contributed by atoms with Crippen molar-refractivity contribution in [3.63, 3.8) is 0 Å². The first kappa shape index (κ1) is 7.67. The van der Waals surface area contributed by atoms with Crippen LogP contribution in [0.4, 0.5) is 0 Å². The molecule has 0 amide bonds. The van der Waals surface area contributed by atoms with Gasteiger partial charge in [0.1, 0.15) is 0 Å². The maximum absolute atomic E-state index is 10.3. The molecule has 0 bridgehead atoms. The molecule has 1 heterocycles. The molecule has 0 radical (unpaired) electrons. The fourth-order valence-corrected chi connectivity index (χ4v) is 0.573. The summed E-state index contributed by atoms with van der Waals surface area (Å²) < 4.78 is 4.67. The first-order chi connectivity index (χ1) is 5.24. The fourth-order valence-electron chi connectivity index (χ4n) is 0.573. The lowest BCUT2D eigenvalue weighted by Gasteiger charge is -1.93. The summed E-state index contributed by atoms with van der Waals surface area (Å²) >= 11 is 0. The van der Waals surface area contributed by atoms with Crippen molar-refractivity contribution in [2.45, 2.75) is 6.73 Å². The molecule has 1 rings (SSSR count). The minimum absolute atomic E-state index is 0.0814. The maximum Gasteiger partial charge on any atom is 0.358 e. The molecule has 11 heavy (non-hydrogen) atoms. The Morgan fingerprint density at radius 1 is 1.91 bits per heavy atom. The summed E-state index contributed by atoms with van der Waals surface area (Å²) in [5.41, 5.74) is -0.0814. The number of methoxy groups -OCH3 is 1. The molecular weight excluding hydrogens is 150 g/mol. The average Bonchev–Trinajstić information content (AvgIpc) is 2.37. The molecule has 0 aliphatic carbocycles. The molecule has 1 aromatic heterocycles. The van der Waals surface area contributed by atoms with Gasteiger partial charge >= 0.3 is 5.97 Å². The van der Waals surface area contributed by atoms with Gasteiger partial charge in [0.05, 0.1) is 6.20 Å². The van der Waals surface area contributed by atoms with Gasteiger partial charge < -0.3 is 9.84 Å². The normalized spacial score (nSPS) is 9.91. The highest BCUT2D eigenvalue weighted by Gasteiger charge is 2.06. The van der Waals surface area contributed by atoms with E-state index in [0.717, 1.165) is 4.80 Å². The van der Waals surface area contributed by atoms with Gasteiger partial charge in [0.25, 0.3) is 0 Å². The lowest BCUT2D eigenvalue weighted by atomic mass is 10.5. The molecule has 0 saturated heterocycles. The highest BCUT2D eigenvalue weighted by atomic mass is 16.5. The van der Waals surface area contributed by atoms with Crippen LogP contribution in [0.3, 0.4) is 0 Å². The molecule has 0 aliphatic heterocycles. The zero-order chi connectivity index (χ0) is 8.27.